The van der Waals surface area contributed by atoms with Crippen molar-refractivity contribution in [1.82, 2.24) is 0 Å². The van der Waals surface area contributed by atoms with Gasteiger partial charge in [0.25, 0.3) is 0 Å². The Morgan fingerprint density at radius 2 is 1.87 bits per heavy atom. The van der Waals surface area contributed by atoms with Gasteiger partial charge >= 0.3 is 0 Å². The lowest BCUT2D eigenvalue weighted by Crippen LogP contribution is -2.35. The quantitative estimate of drug-likeness (QED) is 0.471. The molecule has 4 aliphatic rings. The summed E-state index contributed by atoms with van der Waals surface area (Å²) in [5.41, 5.74) is 4.37. The first-order valence-corrected chi connectivity index (χ1v) is 12.9. The van der Waals surface area contributed by atoms with Crippen LogP contribution in [0, 0.1) is 35.0 Å². The molecule has 0 aromatic heterocycles. The number of aliphatic hydroxyl groups is 1. The minimum Gasteiger partial charge on any atom is -0.388 e. The first-order chi connectivity index (χ1) is 14.4. The van der Waals surface area contributed by atoms with Crippen LogP contribution in [-0.2, 0) is 0 Å². The van der Waals surface area contributed by atoms with Crippen molar-refractivity contribution in [1.29, 1.82) is 0 Å². The maximum atomic E-state index is 10.2. The van der Waals surface area contributed by atoms with Crippen LogP contribution in [0.1, 0.15) is 91.4 Å². The summed E-state index contributed by atoms with van der Waals surface area (Å²) >= 11 is 0. The van der Waals surface area contributed by atoms with Crippen molar-refractivity contribution < 1.29 is 5.11 Å². The predicted octanol–water partition coefficient (Wildman–Crippen LogP) is 7.79. The van der Waals surface area contributed by atoms with Gasteiger partial charge in [0.1, 0.15) is 0 Å². The van der Waals surface area contributed by atoms with Crippen molar-refractivity contribution in [3.63, 3.8) is 0 Å². The average Bonchev–Trinajstić information content (AvgIpc) is 3.30. The van der Waals surface area contributed by atoms with E-state index in [9.17, 15) is 5.11 Å². The normalized spacial score (nSPS) is 43.6. The second-order valence-electron chi connectivity index (χ2n) is 11.3. The van der Waals surface area contributed by atoms with Gasteiger partial charge in [0, 0.05) is 0 Å². The number of hydrogen-bond acceptors (Lipinski definition) is 1. The van der Waals surface area contributed by atoms with Crippen molar-refractivity contribution in [2.75, 3.05) is 0 Å². The third kappa shape index (κ3) is 4.29. The van der Waals surface area contributed by atoms with Gasteiger partial charge in [-0.3, -0.25) is 0 Å². The Balaban J connectivity index is 1.47. The fraction of sp³-hybridized carbons (Fsp3) is 0.724. The first kappa shape index (κ1) is 22.1. The van der Waals surface area contributed by atoms with E-state index in [1.54, 1.807) is 5.57 Å². The maximum absolute atomic E-state index is 10.2. The fourth-order valence-corrected chi connectivity index (χ4v) is 7.49. The highest BCUT2D eigenvalue weighted by Crippen LogP contribution is 2.59. The maximum Gasteiger partial charge on any atom is 0.0787 e. The minimum atomic E-state index is -0.328. The molecule has 1 heteroatoms. The van der Waals surface area contributed by atoms with Crippen molar-refractivity contribution in [3.05, 3.63) is 47.6 Å². The van der Waals surface area contributed by atoms with Gasteiger partial charge in [-0.15, -0.1) is 0 Å². The lowest BCUT2D eigenvalue weighted by molar-refractivity contribution is 0.112. The van der Waals surface area contributed by atoms with Crippen LogP contribution in [0.3, 0.4) is 0 Å². The Bertz CT molecular complexity index is 725. The second-order valence-corrected chi connectivity index (χ2v) is 11.3. The van der Waals surface area contributed by atoms with E-state index in [-0.39, 0.29) is 6.10 Å². The fourth-order valence-electron chi connectivity index (χ4n) is 7.49. The molecule has 0 bridgehead atoms. The molecule has 3 unspecified atom stereocenters. The van der Waals surface area contributed by atoms with Gasteiger partial charge in [0.2, 0.25) is 0 Å². The summed E-state index contributed by atoms with van der Waals surface area (Å²) in [5.74, 6) is 3.96. The lowest BCUT2D eigenvalue weighted by Gasteiger charge is -2.44. The summed E-state index contributed by atoms with van der Waals surface area (Å²) in [6.45, 7) is 11.7. The molecule has 1 N–H and O–H groups in total. The second kappa shape index (κ2) is 9.19. The molecule has 0 aromatic carbocycles. The molecule has 4 rings (SSSR count). The molecule has 4 aliphatic carbocycles. The summed E-state index contributed by atoms with van der Waals surface area (Å²) in [7, 11) is 0. The van der Waals surface area contributed by atoms with E-state index in [4.69, 9.17) is 0 Å². The molecule has 0 aromatic rings. The Labute approximate surface area is 185 Å². The van der Waals surface area contributed by atoms with E-state index >= 15 is 0 Å². The van der Waals surface area contributed by atoms with Crippen molar-refractivity contribution in [2.45, 2.75) is 97.5 Å². The van der Waals surface area contributed by atoms with Gasteiger partial charge < -0.3 is 5.11 Å². The van der Waals surface area contributed by atoms with Gasteiger partial charge in [-0.2, -0.15) is 0 Å². The molecule has 0 saturated heterocycles. The zero-order chi connectivity index (χ0) is 21.3. The molecule has 0 radical (unpaired) electrons. The number of fused-ring (bicyclic) bond motifs is 1. The molecule has 0 spiro atoms. The van der Waals surface area contributed by atoms with E-state index in [1.807, 2.05) is 0 Å². The van der Waals surface area contributed by atoms with Gasteiger partial charge in [0.15, 0.2) is 0 Å². The average molecular weight is 409 g/mol. The van der Waals surface area contributed by atoms with Crippen LogP contribution in [0.15, 0.2) is 47.6 Å². The first-order valence-electron chi connectivity index (χ1n) is 12.9. The highest BCUT2D eigenvalue weighted by atomic mass is 16.3. The SMILES string of the molecule is C=C1/C(=C\C=C2/CCC[C@@]3(C)C2CC[C@@H]3[C@H](C)/C=C/C2CCCC2C)CCC[C@@H]1O. The Morgan fingerprint density at radius 3 is 2.63 bits per heavy atom. The smallest absolute Gasteiger partial charge is 0.0787 e. The third-order valence-electron chi connectivity index (χ3n) is 9.50. The minimum absolute atomic E-state index is 0.328. The van der Waals surface area contributed by atoms with Crippen LogP contribution in [0.25, 0.3) is 0 Å². The van der Waals surface area contributed by atoms with Crippen molar-refractivity contribution in [2.24, 2.45) is 35.0 Å². The summed E-state index contributed by atoms with van der Waals surface area (Å²) in [6, 6.07) is 0. The summed E-state index contributed by atoms with van der Waals surface area (Å²) in [4.78, 5) is 0. The monoisotopic (exact) mass is 408 g/mol. The van der Waals surface area contributed by atoms with Crippen molar-refractivity contribution >= 4 is 0 Å². The molecule has 1 nitrogen and oxygen atoms in total. The highest BCUT2D eigenvalue weighted by Gasteiger charge is 2.50. The largest absolute Gasteiger partial charge is 0.388 e. The number of hydrogen-bond donors (Lipinski definition) is 1. The van der Waals surface area contributed by atoms with Crippen LogP contribution in [-0.4, -0.2) is 11.2 Å². The van der Waals surface area contributed by atoms with Gasteiger partial charge in [-0.25, -0.2) is 0 Å². The molecule has 4 fully saturated rings. The standard InChI is InChI=1S/C29H44O/c1-20-8-5-9-23(20)14-13-21(2)26-17-18-27-25(11-7-19-29(26,27)4)16-15-24-10-6-12-28(30)22(24)3/h13-16,20-21,23,26-28,30H,3,5-12,17-19H2,1-2,4H3/b14-13+,24-15-,25-16+/t20?,21-,23?,26-,27?,28+,29-/m1/s1. The molecule has 4 saturated carbocycles. The molecule has 0 amide bonds. The van der Waals surface area contributed by atoms with Crippen LogP contribution < -0.4 is 0 Å². The van der Waals surface area contributed by atoms with Crippen LogP contribution in [0.4, 0.5) is 0 Å². The van der Waals surface area contributed by atoms with E-state index in [0.29, 0.717) is 11.3 Å². The molecule has 0 aliphatic heterocycles. The highest BCUT2D eigenvalue weighted by molar-refractivity contribution is 5.37. The van der Waals surface area contributed by atoms with E-state index in [2.05, 4.69) is 51.7 Å². The topological polar surface area (TPSA) is 20.2 Å². The van der Waals surface area contributed by atoms with Gasteiger partial charge in [-0.05, 0) is 104 Å². The summed E-state index contributed by atoms with van der Waals surface area (Å²) < 4.78 is 0. The van der Waals surface area contributed by atoms with Gasteiger partial charge in [0.05, 0.1) is 6.10 Å². The molecule has 7 atom stereocenters. The number of rotatable bonds is 4. The summed E-state index contributed by atoms with van der Waals surface area (Å²) in [6.07, 6.45) is 23.6. The number of aliphatic hydroxyl groups excluding tert-OH is 1. The third-order valence-corrected chi connectivity index (χ3v) is 9.50. The predicted molar refractivity (Wildman–Crippen MR) is 128 cm³/mol. The molecule has 30 heavy (non-hydrogen) atoms. The Kier molecular flexibility index (Phi) is 6.78. The molecular formula is C29H44O. The van der Waals surface area contributed by atoms with Crippen LogP contribution in [0.2, 0.25) is 0 Å². The van der Waals surface area contributed by atoms with Crippen molar-refractivity contribution in [3.8, 4) is 0 Å². The Hall–Kier alpha value is -1.08. The lowest BCUT2D eigenvalue weighted by atomic mass is 9.61. The van der Waals surface area contributed by atoms with Crippen LogP contribution in [0.5, 0.6) is 0 Å². The zero-order valence-electron chi connectivity index (χ0n) is 19.7. The molecule has 166 valence electrons. The van der Waals surface area contributed by atoms with Crippen LogP contribution >= 0.6 is 0 Å². The Morgan fingerprint density at radius 1 is 1.03 bits per heavy atom. The number of allylic oxidation sites excluding steroid dienone is 5. The zero-order valence-corrected chi connectivity index (χ0v) is 19.7. The van der Waals surface area contributed by atoms with E-state index in [0.717, 1.165) is 48.5 Å². The molecular weight excluding hydrogens is 364 g/mol. The van der Waals surface area contributed by atoms with E-state index in [1.165, 1.54) is 56.9 Å². The van der Waals surface area contributed by atoms with Gasteiger partial charge in [-0.1, -0.05) is 70.1 Å². The molecule has 0 heterocycles. The van der Waals surface area contributed by atoms with E-state index < -0.39 is 0 Å². The summed E-state index contributed by atoms with van der Waals surface area (Å²) in [5, 5.41) is 10.2.